The van der Waals surface area contributed by atoms with Crippen LogP contribution in [0.25, 0.3) is 0 Å². The minimum Gasteiger partial charge on any atom is -0.497 e. The maximum atomic E-state index is 12.8. The van der Waals surface area contributed by atoms with E-state index in [1.165, 1.54) is 12.1 Å². The predicted molar refractivity (Wildman–Crippen MR) is 83.6 cm³/mol. The van der Waals surface area contributed by atoms with Gasteiger partial charge >= 0.3 is 0 Å². The average molecular weight is 316 g/mol. The van der Waals surface area contributed by atoms with E-state index in [4.69, 9.17) is 4.74 Å². The van der Waals surface area contributed by atoms with Crippen LogP contribution in [0.15, 0.2) is 48.5 Å². The number of halogens is 1. The van der Waals surface area contributed by atoms with Gasteiger partial charge in [0.15, 0.2) is 0 Å². The van der Waals surface area contributed by atoms with Crippen molar-refractivity contribution in [3.8, 4) is 5.75 Å². The minimum absolute atomic E-state index is 0.133. The molecule has 0 aliphatic rings. The number of nitrogens with one attached hydrogen (secondary N) is 2. The number of rotatable bonds is 6. The molecule has 2 N–H and O–H groups in total. The van der Waals surface area contributed by atoms with Crippen molar-refractivity contribution in [3.05, 3.63) is 65.5 Å². The first kappa shape index (κ1) is 16.5. The van der Waals surface area contributed by atoms with Crippen molar-refractivity contribution in [1.29, 1.82) is 0 Å². The lowest BCUT2D eigenvalue weighted by Crippen LogP contribution is -2.36. The van der Waals surface area contributed by atoms with Gasteiger partial charge < -0.3 is 15.4 Å². The fraction of sp³-hybridized carbons (Fsp3) is 0.176. The number of benzene rings is 2. The zero-order chi connectivity index (χ0) is 16.7. The molecule has 0 atom stereocenters. The highest BCUT2D eigenvalue weighted by Crippen LogP contribution is 2.10. The molecule has 6 heteroatoms. The first-order valence-electron chi connectivity index (χ1n) is 7.02. The third kappa shape index (κ3) is 5.10. The third-order valence-electron chi connectivity index (χ3n) is 3.16. The van der Waals surface area contributed by atoms with Crippen LogP contribution < -0.4 is 15.4 Å². The Bertz CT molecular complexity index is 669. The molecule has 23 heavy (non-hydrogen) atoms. The van der Waals surface area contributed by atoms with Crippen molar-refractivity contribution in [2.24, 2.45) is 0 Å². The zero-order valence-electron chi connectivity index (χ0n) is 12.6. The van der Waals surface area contributed by atoms with Crippen molar-refractivity contribution >= 4 is 11.8 Å². The standard InChI is InChI=1S/C17H17FN2O3/c1-23-15-8-4-13(5-9-15)17(22)20-11-16(21)19-10-12-2-6-14(18)7-3-12/h2-9H,10-11H2,1H3,(H,19,21)(H,20,22). The van der Waals surface area contributed by atoms with E-state index in [1.807, 2.05) is 0 Å². The van der Waals surface area contributed by atoms with Gasteiger partial charge in [0.05, 0.1) is 13.7 Å². The number of amides is 2. The summed E-state index contributed by atoms with van der Waals surface area (Å²) >= 11 is 0. The molecular formula is C17H17FN2O3. The molecule has 0 aromatic heterocycles. The number of ether oxygens (including phenoxy) is 1. The Balaban J connectivity index is 1.76. The molecule has 0 saturated heterocycles. The Labute approximate surface area is 133 Å². The van der Waals surface area contributed by atoms with Crippen LogP contribution in [0.4, 0.5) is 4.39 Å². The van der Waals surface area contributed by atoms with Crippen LogP contribution in [0.5, 0.6) is 5.75 Å². The summed E-state index contributed by atoms with van der Waals surface area (Å²) in [5.41, 5.74) is 1.22. The van der Waals surface area contributed by atoms with E-state index in [1.54, 1.807) is 43.5 Å². The van der Waals surface area contributed by atoms with Crippen molar-refractivity contribution < 1.29 is 18.7 Å². The Hall–Kier alpha value is -2.89. The van der Waals surface area contributed by atoms with Gasteiger partial charge in [-0.15, -0.1) is 0 Å². The summed E-state index contributed by atoms with van der Waals surface area (Å²) in [5, 5.41) is 5.18. The molecule has 0 spiro atoms. The quantitative estimate of drug-likeness (QED) is 0.855. The van der Waals surface area contributed by atoms with Crippen LogP contribution in [0.2, 0.25) is 0 Å². The van der Waals surface area contributed by atoms with E-state index in [9.17, 15) is 14.0 Å². The van der Waals surface area contributed by atoms with Crippen molar-refractivity contribution in [3.63, 3.8) is 0 Å². The van der Waals surface area contributed by atoms with Gasteiger partial charge in [-0.3, -0.25) is 9.59 Å². The van der Waals surface area contributed by atoms with E-state index >= 15 is 0 Å². The highest BCUT2D eigenvalue weighted by atomic mass is 19.1. The first-order valence-corrected chi connectivity index (χ1v) is 7.02. The Morgan fingerprint density at radius 2 is 1.65 bits per heavy atom. The molecule has 2 aromatic carbocycles. The summed E-state index contributed by atoms with van der Waals surface area (Å²) in [4.78, 5) is 23.6. The monoisotopic (exact) mass is 316 g/mol. The van der Waals surface area contributed by atoms with E-state index in [0.29, 0.717) is 11.3 Å². The molecule has 2 aromatic rings. The molecule has 0 radical (unpaired) electrons. The summed E-state index contributed by atoms with van der Waals surface area (Å²) in [7, 11) is 1.54. The van der Waals surface area contributed by atoms with Gasteiger partial charge in [0.1, 0.15) is 11.6 Å². The summed E-state index contributed by atoms with van der Waals surface area (Å²) in [6.45, 7) is 0.142. The maximum Gasteiger partial charge on any atom is 0.251 e. The molecule has 120 valence electrons. The molecular weight excluding hydrogens is 299 g/mol. The van der Waals surface area contributed by atoms with E-state index < -0.39 is 0 Å². The molecule has 0 heterocycles. The van der Waals surface area contributed by atoms with Gasteiger partial charge in [-0.25, -0.2) is 4.39 Å². The molecule has 0 aliphatic carbocycles. The molecule has 0 fully saturated rings. The molecule has 0 bridgehead atoms. The first-order chi connectivity index (χ1) is 11.1. The predicted octanol–water partition coefficient (Wildman–Crippen LogP) is 1.88. The number of methoxy groups -OCH3 is 1. The summed E-state index contributed by atoms with van der Waals surface area (Å²) in [6, 6.07) is 12.4. The Morgan fingerprint density at radius 3 is 2.26 bits per heavy atom. The largest absolute Gasteiger partial charge is 0.497 e. The van der Waals surface area contributed by atoms with Gasteiger partial charge in [0.2, 0.25) is 5.91 Å². The molecule has 5 nitrogen and oxygen atoms in total. The zero-order valence-corrected chi connectivity index (χ0v) is 12.6. The van der Waals surface area contributed by atoms with Crippen LogP contribution in [-0.4, -0.2) is 25.5 Å². The summed E-state index contributed by atoms with van der Waals surface area (Å²) < 4.78 is 17.8. The van der Waals surface area contributed by atoms with Crippen LogP contribution in [-0.2, 0) is 11.3 Å². The molecule has 2 amide bonds. The van der Waals surface area contributed by atoms with Crippen molar-refractivity contribution in [1.82, 2.24) is 10.6 Å². The summed E-state index contributed by atoms with van der Waals surface area (Å²) in [6.07, 6.45) is 0. The second kappa shape index (κ2) is 7.93. The van der Waals surface area contributed by atoms with Crippen LogP contribution in [0, 0.1) is 5.82 Å². The van der Waals surface area contributed by atoms with E-state index in [0.717, 1.165) is 5.56 Å². The Kier molecular flexibility index (Phi) is 5.68. The average Bonchev–Trinajstić information content (AvgIpc) is 2.59. The van der Waals surface area contributed by atoms with Crippen LogP contribution >= 0.6 is 0 Å². The van der Waals surface area contributed by atoms with Crippen LogP contribution in [0.1, 0.15) is 15.9 Å². The smallest absolute Gasteiger partial charge is 0.251 e. The maximum absolute atomic E-state index is 12.8. The highest BCUT2D eigenvalue weighted by Gasteiger charge is 2.08. The van der Waals surface area contributed by atoms with Gasteiger partial charge in [0, 0.05) is 12.1 Å². The number of carbonyl (C=O) groups is 2. The number of hydrogen-bond donors (Lipinski definition) is 2. The minimum atomic E-state index is -0.343. The van der Waals surface area contributed by atoms with E-state index in [-0.39, 0.29) is 30.7 Å². The van der Waals surface area contributed by atoms with Gasteiger partial charge in [-0.1, -0.05) is 12.1 Å². The lowest BCUT2D eigenvalue weighted by molar-refractivity contribution is -0.120. The molecule has 0 saturated carbocycles. The normalized spacial score (nSPS) is 10.0. The lowest BCUT2D eigenvalue weighted by atomic mass is 10.2. The van der Waals surface area contributed by atoms with Gasteiger partial charge in [-0.05, 0) is 42.0 Å². The van der Waals surface area contributed by atoms with Crippen molar-refractivity contribution in [2.75, 3.05) is 13.7 Å². The highest BCUT2D eigenvalue weighted by molar-refractivity contribution is 5.96. The lowest BCUT2D eigenvalue weighted by Gasteiger charge is -2.07. The summed E-state index contributed by atoms with van der Waals surface area (Å²) in [5.74, 6) is -0.341. The third-order valence-corrected chi connectivity index (χ3v) is 3.16. The SMILES string of the molecule is COc1ccc(C(=O)NCC(=O)NCc2ccc(F)cc2)cc1. The number of carbonyl (C=O) groups excluding carboxylic acids is 2. The Morgan fingerprint density at radius 1 is 1.00 bits per heavy atom. The fourth-order valence-electron chi connectivity index (χ4n) is 1.87. The molecule has 0 aliphatic heterocycles. The molecule has 0 unspecified atom stereocenters. The van der Waals surface area contributed by atoms with Crippen molar-refractivity contribution in [2.45, 2.75) is 6.54 Å². The number of hydrogen-bond acceptors (Lipinski definition) is 3. The molecule has 2 rings (SSSR count). The fourth-order valence-corrected chi connectivity index (χ4v) is 1.87. The second-order valence-corrected chi connectivity index (χ2v) is 4.81. The van der Waals surface area contributed by atoms with Gasteiger partial charge in [-0.2, -0.15) is 0 Å². The van der Waals surface area contributed by atoms with Crippen LogP contribution in [0.3, 0.4) is 0 Å². The topological polar surface area (TPSA) is 67.4 Å². The second-order valence-electron chi connectivity index (χ2n) is 4.81. The van der Waals surface area contributed by atoms with E-state index in [2.05, 4.69) is 10.6 Å². The van der Waals surface area contributed by atoms with Gasteiger partial charge in [0.25, 0.3) is 5.91 Å².